The summed E-state index contributed by atoms with van der Waals surface area (Å²) in [5.41, 5.74) is 2.27. The highest BCUT2D eigenvalue weighted by Gasteiger charge is 2.31. The molecule has 3 aromatic carbocycles. The van der Waals surface area contributed by atoms with E-state index >= 15 is 0 Å². The Morgan fingerprint density at radius 1 is 0.951 bits per heavy atom. The standard InChI is InChI=1S/C31H38BrN3O5S/c1-23(2)33-31(37)29(20-24-11-6-5-7-12-24)34(22-25-13-8-14-26(32)19-25)30(36)17-10-18-35(41(4,38)39)27-15-9-16-28(21-27)40-3/h5-9,11-16,19,21,23,29H,10,17-18,20,22H2,1-4H3,(H,33,37)/t29-/m1/s1. The predicted octanol–water partition coefficient (Wildman–Crippen LogP) is 5.17. The lowest BCUT2D eigenvalue weighted by atomic mass is 10.0. The summed E-state index contributed by atoms with van der Waals surface area (Å²) in [7, 11) is -2.10. The highest BCUT2D eigenvalue weighted by molar-refractivity contribution is 9.10. The van der Waals surface area contributed by atoms with Crippen molar-refractivity contribution in [3.8, 4) is 5.75 Å². The largest absolute Gasteiger partial charge is 0.497 e. The van der Waals surface area contributed by atoms with Crippen molar-refractivity contribution < 1.29 is 22.7 Å². The van der Waals surface area contributed by atoms with Crippen molar-refractivity contribution in [1.29, 1.82) is 0 Å². The second-order valence-electron chi connectivity index (χ2n) is 10.2. The molecular weight excluding hydrogens is 606 g/mol. The van der Waals surface area contributed by atoms with Gasteiger partial charge in [-0.25, -0.2) is 8.42 Å². The molecule has 0 aliphatic heterocycles. The zero-order valence-electron chi connectivity index (χ0n) is 23.9. The zero-order chi connectivity index (χ0) is 30.0. The van der Waals surface area contributed by atoms with Crippen LogP contribution in [0, 0.1) is 0 Å². The molecule has 1 N–H and O–H groups in total. The molecule has 0 bridgehead atoms. The third-order valence-corrected chi connectivity index (χ3v) is 8.12. The maximum Gasteiger partial charge on any atom is 0.243 e. The van der Waals surface area contributed by atoms with Crippen molar-refractivity contribution in [3.05, 3.63) is 94.5 Å². The normalized spacial score (nSPS) is 12.0. The van der Waals surface area contributed by atoms with Gasteiger partial charge in [0.2, 0.25) is 21.8 Å². The van der Waals surface area contributed by atoms with Gasteiger partial charge in [0.05, 0.1) is 19.1 Å². The molecular formula is C31H38BrN3O5S. The second-order valence-corrected chi connectivity index (χ2v) is 13.0. The minimum absolute atomic E-state index is 0.0598. The number of ether oxygens (including phenoxy) is 1. The van der Waals surface area contributed by atoms with Crippen LogP contribution in [0.15, 0.2) is 83.3 Å². The summed E-state index contributed by atoms with van der Waals surface area (Å²) in [6, 6.07) is 23.2. The number of hydrogen-bond acceptors (Lipinski definition) is 5. The monoisotopic (exact) mass is 643 g/mol. The molecule has 0 saturated heterocycles. The molecule has 0 aliphatic rings. The van der Waals surface area contributed by atoms with Gasteiger partial charge in [-0.15, -0.1) is 0 Å². The summed E-state index contributed by atoms with van der Waals surface area (Å²) < 4.78 is 32.7. The molecule has 0 aliphatic carbocycles. The Labute approximate surface area is 251 Å². The number of nitrogens with zero attached hydrogens (tertiary/aromatic N) is 2. The number of benzene rings is 3. The van der Waals surface area contributed by atoms with Crippen molar-refractivity contribution in [2.24, 2.45) is 0 Å². The summed E-state index contributed by atoms with van der Waals surface area (Å²) in [6.07, 6.45) is 1.81. The molecule has 0 spiro atoms. The molecule has 0 saturated carbocycles. The van der Waals surface area contributed by atoms with Crippen LogP contribution < -0.4 is 14.4 Å². The summed E-state index contributed by atoms with van der Waals surface area (Å²) in [6.45, 7) is 4.10. The van der Waals surface area contributed by atoms with Crippen LogP contribution in [-0.2, 0) is 32.6 Å². The van der Waals surface area contributed by atoms with Crippen LogP contribution in [0.3, 0.4) is 0 Å². The first kappa shape index (κ1) is 32.1. The molecule has 3 aromatic rings. The zero-order valence-corrected chi connectivity index (χ0v) is 26.3. The van der Waals surface area contributed by atoms with E-state index in [9.17, 15) is 18.0 Å². The van der Waals surface area contributed by atoms with Gasteiger partial charge in [0.1, 0.15) is 11.8 Å². The van der Waals surface area contributed by atoms with Gasteiger partial charge in [0.25, 0.3) is 0 Å². The summed E-state index contributed by atoms with van der Waals surface area (Å²) in [5.74, 6) is 0.0672. The maximum atomic E-state index is 13.9. The molecule has 0 fully saturated rings. The number of anilines is 1. The Balaban J connectivity index is 1.88. The number of sulfonamides is 1. The van der Waals surface area contributed by atoms with Gasteiger partial charge in [-0.05, 0) is 55.7 Å². The number of hydrogen-bond donors (Lipinski definition) is 1. The molecule has 0 radical (unpaired) electrons. The molecule has 41 heavy (non-hydrogen) atoms. The highest BCUT2D eigenvalue weighted by Crippen LogP contribution is 2.24. The molecule has 0 unspecified atom stereocenters. The number of carbonyl (C=O) groups excluding carboxylic acids is 2. The highest BCUT2D eigenvalue weighted by atomic mass is 79.9. The fraction of sp³-hybridized carbons (Fsp3) is 0.355. The van der Waals surface area contributed by atoms with E-state index in [-0.39, 0.29) is 43.8 Å². The summed E-state index contributed by atoms with van der Waals surface area (Å²) >= 11 is 3.50. The second kappa shape index (κ2) is 15.0. The molecule has 1 atom stereocenters. The number of rotatable bonds is 14. The minimum Gasteiger partial charge on any atom is -0.497 e. The maximum absolute atomic E-state index is 13.9. The molecule has 0 heterocycles. The van der Waals surface area contributed by atoms with Crippen LogP contribution in [0.4, 0.5) is 5.69 Å². The smallest absolute Gasteiger partial charge is 0.243 e. The fourth-order valence-corrected chi connectivity index (χ4v) is 5.94. The Morgan fingerprint density at radius 3 is 2.27 bits per heavy atom. The van der Waals surface area contributed by atoms with E-state index in [1.54, 1.807) is 29.2 Å². The van der Waals surface area contributed by atoms with Crippen molar-refractivity contribution in [3.63, 3.8) is 0 Å². The lowest BCUT2D eigenvalue weighted by Crippen LogP contribution is -2.51. The van der Waals surface area contributed by atoms with E-state index < -0.39 is 16.1 Å². The quantitative estimate of drug-likeness (QED) is 0.262. The molecule has 0 aromatic heterocycles. The Hall–Kier alpha value is -3.37. The summed E-state index contributed by atoms with van der Waals surface area (Å²) in [5, 5.41) is 2.98. The van der Waals surface area contributed by atoms with Crippen LogP contribution in [0.1, 0.15) is 37.8 Å². The van der Waals surface area contributed by atoms with Crippen LogP contribution in [0.5, 0.6) is 5.75 Å². The minimum atomic E-state index is -3.61. The molecule has 10 heteroatoms. The van der Waals surface area contributed by atoms with Gasteiger partial charge >= 0.3 is 0 Å². The van der Waals surface area contributed by atoms with Crippen molar-refractivity contribution in [1.82, 2.24) is 10.2 Å². The van der Waals surface area contributed by atoms with E-state index in [1.165, 1.54) is 11.4 Å². The SMILES string of the molecule is COc1cccc(N(CCCC(=O)N(Cc2cccc(Br)c2)[C@H](Cc2ccccc2)C(=O)NC(C)C)S(C)(=O)=O)c1. The van der Waals surface area contributed by atoms with Gasteiger partial charge in [-0.1, -0.05) is 64.5 Å². The lowest BCUT2D eigenvalue weighted by molar-refractivity contribution is -0.141. The number of carbonyl (C=O) groups is 2. The van der Waals surface area contributed by atoms with Crippen LogP contribution in [0.2, 0.25) is 0 Å². The molecule has 8 nitrogen and oxygen atoms in total. The van der Waals surface area contributed by atoms with Crippen molar-refractivity contribution in [2.45, 2.75) is 51.7 Å². The van der Waals surface area contributed by atoms with Crippen molar-refractivity contribution >= 4 is 43.5 Å². The van der Waals surface area contributed by atoms with Gasteiger partial charge in [-0.2, -0.15) is 0 Å². The van der Waals surface area contributed by atoms with Crippen molar-refractivity contribution in [2.75, 3.05) is 24.2 Å². The first-order valence-corrected chi connectivity index (χ1v) is 16.1. The van der Waals surface area contributed by atoms with E-state index in [0.717, 1.165) is 21.9 Å². The Kier molecular flexibility index (Phi) is 11.8. The average Bonchev–Trinajstić information content (AvgIpc) is 2.92. The third kappa shape index (κ3) is 9.89. The topological polar surface area (TPSA) is 96.0 Å². The molecule has 2 amide bonds. The summed E-state index contributed by atoms with van der Waals surface area (Å²) in [4.78, 5) is 29.0. The van der Waals surface area contributed by atoms with Crippen LogP contribution in [-0.4, -0.2) is 57.1 Å². The van der Waals surface area contributed by atoms with E-state index in [1.807, 2.05) is 68.4 Å². The number of halogens is 1. The lowest BCUT2D eigenvalue weighted by Gasteiger charge is -2.32. The number of nitrogens with one attached hydrogen (secondary N) is 1. The van der Waals surface area contributed by atoms with E-state index in [4.69, 9.17) is 4.74 Å². The van der Waals surface area contributed by atoms with Gasteiger partial charge in [0.15, 0.2) is 0 Å². The Bertz CT molecular complexity index is 1420. The van der Waals surface area contributed by atoms with Gasteiger partial charge in [0, 0.05) is 42.5 Å². The van der Waals surface area contributed by atoms with Crippen LogP contribution >= 0.6 is 15.9 Å². The fourth-order valence-electron chi connectivity index (χ4n) is 4.54. The van der Waals surface area contributed by atoms with Gasteiger partial charge in [-0.3, -0.25) is 13.9 Å². The predicted molar refractivity (Wildman–Crippen MR) is 166 cm³/mol. The molecule has 3 rings (SSSR count). The first-order valence-electron chi connectivity index (χ1n) is 13.5. The third-order valence-electron chi connectivity index (χ3n) is 6.44. The van der Waals surface area contributed by atoms with E-state index in [2.05, 4.69) is 21.2 Å². The van der Waals surface area contributed by atoms with Gasteiger partial charge < -0.3 is 15.0 Å². The number of methoxy groups -OCH3 is 1. The molecule has 220 valence electrons. The van der Waals surface area contributed by atoms with Crippen LogP contribution in [0.25, 0.3) is 0 Å². The first-order chi connectivity index (χ1) is 19.5. The van der Waals surface area contributed by atoms with E-state index in [0.29, 0.717) is 17.9 Å². The average molecular weight is 645 g/mol. The Morgan fingerprint density at radius 2 is 1.63 bits per heavy atom. The number of amides is 2.